The zero-order chi connectivity index (χ0) is 24.7. The molecular weight excluding hydrogens is 452 g/mol. The Morgan fingerprint density at radius 1 is 1.12 bits per heavy atom. The smallest absolute Gasteiger partial charge is 0.327 e. The molecule has 9 heteroatoms. The van der Waals surface area contributed by atoms with Crippen molar-refractivity contribution in [1.82, 2.24) is 15.1 Å². The van der Waals surface area contributed by atoms with E-state index < -0.39 is 6.03 Å². The quantitative estimate of drug-likeness (QED) is 0.385. The van der Waals surface area contributed by atoms with E-state index in [4.69, 9.17) is 0 Å². The molecule has 1 aliphatic carbocycles. The number of unbranched alkanes of at least 4 members (excludes halogenated alkanes) is 1. The van der Waals surface area contributed by atoms with Crippen molar-refractivity contribution >= 4 is 41.2 Å². The first-order valence-electron chi connectivity index (χ1n) is 12.2. The Balaban J connectivity index is 1.63. The molecule has 1 saturated carbocycles. The second-order valence-electron chi connectivity index (χ2n) is 9.32. The summed E-state index contributed by atoms with van der Waals surface area (Å²) < 4.78 is 0. The van der Waals surface area contributed by atoms with Crippen LogP contribution in [0.5, 0.6) is 0 Å². The van der Waals surface area contributed by atoms with Crippen molar-refractivity contribution in [1.29, 1.82) is 0 Å². The van der Waals surface area contributed by atoms with Crippen molar-refractivity contribution in [3.05, 3.63) is 24.3 Å². The van der Waals surface area contributed by atoms with Crippen LogP contribution in [0.3, 0.4) is 0 Å². The summed E-state index contributed by atoms with van der Waals surface area (Å²) in [6, 6.07) is 7.03. The van der Waals surface area contributed by atoms with Crippen LogP contribution in [0.2, 0.25) is 0 Å². The van der Waals surface area contributed by atoms with E-state index in [-0.39, 0.29) is 48.8 Å². The summed E-state index contributed by atoms with van der Waals surface area (Å²) in [5.41, 5.74) is 0.689. The molecule has 1 aliphatic heterocycles. The molecule has 1 aromatic carbocycles. The second kappa shape index (κ2) is 12.2. The molecule has 34 heavy (non-hydrogen) atoms. The lowest BCUT2D eigenvalue weighted by Crippen LogP contribution is -2.63. The van der Waals surface area contributed by atoms with Crippen LogP contribution in [0.15, 0.2) is 29.2 Å². The fourth-order valence-electron chi connectivity index (χ4n) is 4.76. The third kappa shape index (κ3) is 6.74. The molecule has 5 amide bonds. The van der Waals surface area contributed by atoms with Gasteiger partial charge in [0.2, 0.25) is 17.7 Å². The number of fused-ring (bicyclic) bond motifs is 1. The molecule has 2 N–H and O–H groups in total. The molecule has 8 nitrogen and oxygen atoms in total. The Labute approximate surface area is 206 Å². The van der Waals surface area contributed by atoms with E-state index in [1.807, 2.05) is 44.4 Å². The standard InChI is InChI=1S/C25H36N4O4S/c1-17(2)26-22(30)13-6-7-14-28-24(32)20-11-4-5-12-21(20)29(25(28)33)16-23(31)27-18-9-8-10-19(15-18)34-3/h8-10,15,17,20-21H,4-7,11-14,16H2,1-3H3,(H,26,30)(H,27,31). The fraction of sp³-hybridized carbons (Fsp3) is 0.600. The number of rotatable bonds is 10. The van der Waals surface area contributed by atoms with Gasteiger partial charge in [0, 0.05) is 35.6 Å². The average molecular weight is 489 g/mol. The SMILES string of the molecule is CSc1cccc(NC(=O)CN2C(=O)N(CCCCC(=O)NC(C)C)C(=O)C3CCCCC32)c1. The van der Waals surface area contributed by atoms with Gasteiger partial charge in [-0.05, 0) is 64.0 Å². The molecule has 0 radical (unpaired) electrons. The second-order valence-corrected chi connectivity index (χ2v) is 10.2. The Kier molecular flexibility index (Phi) is 9.38. The number of anilines is 1. The highest BCUT2D eigenvalue weighted by atomic mass is 32.2. The highest BCUT2D eigenvalue weighted by molar-refractivity contribution is 7.98. The van der Waals surface area contributed by atoms with Crippen molar-refractivity contribution in [2.75, 3.05) is 24.7 Å². The van der Waals surface area contributed by atoms with Crippen LogP contribution in [-0.2, 0) is 14.4 Å². The van der Waals surface area contributed by atoms with E-state index >= 15 is 0 Å². The highest BCUT2D eigenvalue weighted by Crippen LogP contribution is 2.34. The molecule has 2 aliphatic rings. The number of thioether (sulfide) groups is 1. The molecule has 0 bridgehead atoms. The number of nitrogens with one attached hydrogen (secondary N) is 2. The molecular formula is C25H36N4O4S. The van der Waals surface area contributed by atoms with Crippen molar-refractivity contribution < 1.29 is 19.2 Å². The van der Waals surface area contributed by atoms with E-state index in [0.29, 0.717) is 24.9 Å². The first-order valence-corrected chi connectivity index (χ1v) is 13.4. The van der Waals surface area contributed by atoms with E-state index in [0.717, 1.165) is 30.6 Å². The van der Waals surface area contributed by atoms with Gasteiger partial charge in [0.1, 0.15) is 6.54 Å². The third-order valence-corrected chi connectivity index (χ3v) is 7.07. The topological polar surface area (TPSA) is 98.8 Å². The minimum atomic E-state index is -0.396. The van der Waals surface area contributed by atoms with Crippen LogP contribution in [0.4, 0.5) is 10.5 Å². The monoisotopic (exact) mass is 488 g/mol. The number of urea groups is 1. The summed E-state index contributed by atoms with van der Waals surface area (Å²) in [4.78, 5) is 55.1. The summed E-state index contributed by atoms with van der Waals surface area (Å²) in [7, 11) is 0. The van der Waals surface area contributed by atoms with Gasteiger partial charge in [-0.3, -0.25) is 19.3 Å². The minimum absolute atomic E-state index is 0.0255. The maximum Gasteiger partial charge on any atom is 0.327 e. The van der Waals surface area contributed by atoms with E-state index in [1.165, 1.54) is 4.90 Å². The molecule has 0 aromatic heterocycles. The number of hydrogen-bond acceptors (Lipinski definition) is 5. The largest absolute Gasteiger partial charge is 0.354 e. The zero-order valence-corrected chi connectivity index (χ0v) is 21.2. The van der Waals surface area contributed by atoms with Crippen molar-refractivity contribution in [3.63, 3.8) is 0 Å². The van der Waals surface area contributed by atoms with Gasteiger partial charge in [-0.25, -0.2) is 4.79 Å². The number of carbonyl (C=O) groups is 4. The molecule has 2 fully saturated rings. The van der Waals surface area contributed by atoms with Gasteiger partial charge in [0.15, 0.2) is 0 Å². The maximum absolute atomic E-state index is 13.3. The van der Waals surface area contributed by atoms with E-state index in [9.17, 15) is 19.2 Å². The average Bonchev–Trinajstić information content (AvgIpc) is 2.81. The zero-order valence-electron chi connectivity index (χ0n) is 20.3. The highest BCUT2D eigenvalue weighted by Gasteiger charge is 2.47. The van der Waals surface area contributed by atoms with Crippen molar-refractivity contribution in [2.45, 2.75) is 75.8 Å². The maximum atomic E-state index is 13.3. The number of benzene rings is 1. The van der Waals surface area contributed by atoms with Crippen LogP contribution in [0.1, 0.15) is 58.8 Å². The molecule has 186 valence electrons. The van der Waals surface area contributed by atoms with Gasteiger partial charge in [0.05, 0.1) is 5.92 Å². The molecule has 1 saturated heterocycles. The molecule has 1 aromatic rings. The summed E-state index contributed by atoms with van der Waals surface area (Å²) in [5.74, 6) is -0.688. The predicted molar refractivity (Wildman–Crippen MR) is 134 cm³/mol. The third-order valence-electron chi connectivity index (χ3n) is 6.34. The van der Waals surface area contributed by atoms with Crippen LogP contribution in [0, 0.1) is 5.92 Å². The number of hydrogen-bond donors (Lipinski definition) is 2. The number of imide groups is 1. The van der Waals surface area contributed by atoms with E-state index in [2.05, 4.69) is 10.6 Å². The Morgan fingerprint density at radius 3 is 2.62 bits per heavy atom. The molecule has 2 atom stereocenters. The molecule has 3 rings (SSSR count). The van der Waals surface area contributed by atoms with E-state index in [1.54, 1.807) is 16.7 Å². The molecule has 2 unspecified atom stereocenters. The van der Waals surface area contributed by atoms with Gasteiger partial charge in [-0.15, -0.1) is 11.8 Å². The van der Waals surface area contributed by atoms with Gasteiger partial charge in [0.25, 0.3) is 0 Å². The lowest BCUT2D eigenvalue weighted by atomic mass is 9.81. The Morgan fingerprint density at radius 2 is 1.88 bits per heavy atom. The van der Waals surface area contributed by atoms with Crippen molar-refractivity contribution in [2.24, 2.45) is 5.92 Å². The Hall–Kier alpha value is -2.55. The normalized spacial score (nSPS) is 20.4. The van der Waals surface area contributed by atoms with Gasteiger partial charge in [-0.1, -0.05) is 18.9 Å². The summed E-state index contributed by atoms with van der Waals surface area (Å²) in [6.07, 6.45) is 6.85. The minimum Gasteiger partial charge on any atom is -0.354 e. The van der Waals surface area contributed by atoms with Crippen LogP contribution >= 0.6 is 11.8 Å². The molecule has 1 heterocycles. The number of nitrogens with zero attached hydrogens (tertiary/aromatic N) is 2. The van der Waals surface area contributed by atoms with Crippen LogP contribution in [0.25, 0.3) is 0 Å². The van der Waals surface area contributed by atoms with Crippen LogP contribution < -0.4 is 10.6 Å². The van der Waals surface area contributed by atoms with Crippen molar-refractivity contribution in [3.8, 4) is 0 Å². The lowest BCUT2D eigenvalue weighted by molar-refractivity contribution is -0.141. The lowest BCUT2D eigenvalue weighted by Gasteiger charge is -2.46. The Bertz CT molecular complexity index is 907. The van der Waals surface area contributed by atoms with Crippen LogP contribution in [-0.4, -0.2) is 65.0 Å². The number of carbonyl (C=O) groups excluding carboxylic acids is 4. The predicted octanol–water partition coefficient (Wildman–Crippen LogP) is 3.86. The number of amides is 5. The summed E-state index contributed by atoms with van der Waals surface area (Å²) in [6.45, 7) is 4.01. The summed E-state index contributed by atoms with van der Waals surface area (Å²) >= 11 is 1.59. The van der Waals surface area contributed by atoms with Gasteiger partial charge in [-0.2, -0.15) is 0 Å². The summed E-state index contributed by atoms with van der Waals surface area (Å²) in [5, 5.41) is 5.74. The van der Waals surface area contributed by atoms with Gasteiger partial charge >= 0.3 is 6.03 Å². The van der Waals surface area contributed by atoms with Gasteiger partial charge < -0.3 is 15.5 Å². The first kappa shape index (κ1) is 26.1. The first-order chi connectivity index (χ1) is 16.3. The molecule has 0 spiro atoms. The fourth-order valence-corrected chi connectivity index (χ4v) is 5.22.